The molecular formula is C30H34N4O6. The lowest BCUT2D eigenvalue weighted by molar-refractivity contribution is -0.143. The summed E-state index contributed by atoms with van der Waals surface area (Å²) in [5.41, 5.74) is 1.39. The number of pyridine rings is 2. The highest BCUT2D eigenvalue weighted by Gasteiger charge is 2.47. The number of nitrogens with zero attached hydrogens (tertiary/aromatic N) is 4. The first-order valence-electron chi connectivity index (χ1n) is 13.7. The van der Waals surface area contributed by atoms with E-state index in [1.807, 2.05) is 23.1 Å². The number of carbonyl (C=O) groups is 2. The van der Waals surface area contributed by atoms with Gasteiger partial charge in [0.15, 0.2) is 11.5 Å². The maximum Gasteiger partial charge on any atom is 0.308 e. The smallest absolute Gasteiger partial charge is 0.308 e. The Kier molecular flexibility index (Phi) is 8.45. The summed E-state index contributed by atoms with van der Waals surface area (Å²) in [6.07, 6.45) is 7.20. The van der Waals surface area contributed by atoms with E-state index in [0.717, 1.165) is 24.1 Å². The zero-order chi connectivity index (χ0) is 28.1. The van der Waals surface area contributed by atoms with Gasteiger partial charge in [0, 0.05) is 50.1 Å². The van der Waals surface area contributed by atoms with Crippen molar-refractivity contribution in [1.29, 1.82) is 0 Å². The van der Waals surface area contributed by atoms with Crippen molar-refractivity contribution < 1.29 is 24.2 Å². The molecule has 1 fully saturated rings. The SMILES string of the molecule is CCCCN(C(=O)CN1CC(c2ccc3c(c2)OCO3)C(C(=O)O)C1CCn1ccccc1=O)c1cccnc1. The van der Waals surface area contributed by atoms with Gasteiger partial charge in [-0.15, -0.1) is 0 Å². The number of ether oxygens (including phenoxy) is 2. The predicted molar refractivity (Wildman–Crippen MR) is 149 cm³/mol. The minimum Gasteiger partial charge on any atom is -0.481 e. The second-order valence-corrected chi connectivity index (χ2v) is 10.2. The van der Waals surface area contributed by atoms with Gasteiger partial charge >= 0.3 is 5.97 Å². The van der Waals surface area contributed by atoms with E-state index in [1.165, 1.54) is 6.07 Å². The van der Waals surface area contributed by atoms with Crippen LogP contribution in [0, 0.1) is 5.92 Å². The highest BCUT2D eigenvalue weighted by atomic mass is 16.7. The number of rotatable bonds is 11. The Morgan fingerprint density at radius 1 is 1.12 bits per heavy atom. The molecule has 3 atom stereocenters. The highest BCUT2D eigenvalue weighted by Crippen LogP contribution is 2.42. The molecule has 10 heteroatoms. The lowest BCUT2D eigenvalue weighted by Crippen LogP contribution is -2.45. The Hall–Kier alpha value is -4.18. The van der Waals surface area contributed by atoms with Gasteiger partial charge in [-0.3, -0.25) is 24.3 Å². The monoisotopic (exact) mass is 546 g/mol. The van der Waals surface area contributed by atoms with Crippen LogP contribution in [0.4, 0.5) is 5.69 Å². The number of aromatic nitrogens is 2. The molecular weight excluding hydrogens is 512 g/mol. The molecule has 4 heterocycles. The van der Waals surface area contributed by atoms with Gasteiger partial charge in [-0.05, 0) is 48.7 Å². The number of hydrogen-bond donors (Lipinski definition) is 1. The van der Waals surface area contributed by atoms with Crippen molar-refractivity contribution in [1.82, 2.24) is 14.5 Å². The number of carbonyl (C=O) groups excluding carboxylic acids is 1. The first-order valence-corrected chi connectivity index (χ1v) is 13.7. The number of aliphatic carboxylic acids is 1. The molecule has 10 nitrogen and oxygen atoms in total. The zero-order valence-corrected chi connectivity index (χ0v) is 22.5. The topological polar surface area (TPSA) is 114 Å². The summed E-state index contributed by atoms with van der Waals surface area (Å²) in [4.78, 5) is 46.8. The minimum atomic E-state index is -0.932. The molecule has 0 aliphatic carbocycles. The molecule has 3 aromatic rings. The quantitative estimate of drug-likeness (QED) is 0.390. The summed E-state index contributed by atoms with van der Waals surface area (Å²) < 4.78 is 12.6. The fourth-order valence-corrected chi connectivity index (χ4v) is 5.74. The number of benzene rings is 1. The summed E-state index contributed by atoms with van der Waals surface area (Å²) in [6.45, 7) is 3.52. The third kappa shape index (κ3) is 5.86. The second kappa shape index (κ2) is 12.3. The van der Waals surface area contributed by atoms with E-state index in [1.54, 1.807) is 52.3 Å². The average molecular weight is 547 g/mol. The molecule has 210 valence electrons. The number of likely N-dealkylation sites (tertiary alicyclic amines) is 1. The number of carboxylic acids is 1. The van der Waals surface area contributed by atoms with Crippen LogP contribution in [0.5, 0.6) is 11.5 Å². The first-order chi connectivity index (χ1) is 19.5. The normalized spacial score (nSPS) is 20.0. The highest BCUT2D eigenvalue weighted by molar-refractivity contribution is 5.94. The fourth-order valence-electron chi connectivity index (χ4n) is 5.74. The lowest BCUT2D eigenvalue weighted by atomic mass is 9.84. The number of aryl methyl sites for hydroxylation is 1. The standard InChI is InChI=1S/C30H34N4O6/c1-2-3-14-34(22-7-6-12-31-17-22)28(36)19-33-18-23(21-9-10-25-26(16-21)40-20-39-25)29(30(37)38)24(33)11-15-32-13-5-4-8-27(32)35/h4-10,12-13,16-17,23-24,29H,2-3,11,14-15,18-20H2,1H3,(H,37,38). The van der Waals surface area contributed by atoms with Crippen molar-refractivity contribution in [2.75, 3.05) is 31.3 Å². The molecule has 40 heavy (non-hydrogen) atoms. The average Bonchev–Trinajstić information content (AvgIpc) is 3.57. The number of unbranched alkanes of at least 4 members (excludes halogenated alkanes) is 1. The number of amides is 1. The summed E-state index contributed by atoms with van der Waals surface area (Å²) >= 11 is 0. The van der Waals surface area contributed by atoms with Crippen molar-refractivity contribution in [2.24, 2.45) is 5.92 Å². The van der Waals surface area contributed by atoms with Crippen molar-refractivity contribution in [3.8, 4) is 11.5 Å². The van der Waals surface area contributed by atoms with Crippen molar-refractivity contribution >= 4 is 17.6 Å². The molecule has 1 saturated heterocycles. The predicted octanol–water partition coefficient (Wildman–Crippen LogP) is 3.36. The molecule has 2 aliphatic heterocycles. The van der Waals surface area contributed by atoms with Crippen molar-refractivity contribution in [3.05, 3.63) is 83.0 Å². The molecule has 1 amide bonds. The first kappa shape index (κ1) is 27.4. The lowest BCUT2D eigenvalue weighted by Gasteiger charge is -2.29. The molecule has 1 aromatic carbocycles. The summed E-state index contributed by atoms with van der Waals surface area (Å²) in [5, 5.41) is 10.5. The molecule has 0 bridgehead atoms. The number of fused-ring (bicyclic) bond motifs is 1. The third-order valence-corrected chi connectivity index (χ3v) is 7.76. The van der Waals surface area contributed by atoms with E-state index in [4.69, 9.17) is 9.47 Å². The van der Waals surface area contributed by atoms with Crippen LogP contribution in [0.1, 0.15) is 37.7 Å². The van der Waals surface area contributed by atoms with Crippen LogP contribution in [-0.4, -0.2) is 63.9 Å². The van der Waals surface area contributed by atoms with Gasteiger partial charge < -0.3 is 24.0 Å². The van der Waals surface area contributed by atoms with Crippen LogP contribution < -0.4 is 19.9 Å². The van der Waals surface area contributed by atoms with Gasteiger partial charge in [-0.25, -0.2) is 0 Å². The Labute approximate surface area is 232 Å². The Balaban J connectivity index is 1.45. The second-order valence-electron chi connectivity index (χ2n) is 10.2. The van der Waals surface area contributed by atoms with Crippen LogP contribution in [0.3, 0.4) is 0 Å². The molecule has 1 N–H and O–H groups in total. The van der Waals surface area contributed by atoms with E-state index in [2.05, 4.69) is 11.9 Å². The minimum absolute atomic E-state index is 0.0534. The molecule has 0 radical (unpaired) electrons. The molecule has 2 aliphatic rings. The van der Waals surface area contributed by atoms with Crippen molar-refractivity contribution in [3.63, 3.8) is 0 Å². The Morgan fingerprint density at radius 3 is 2.73 bits per heavy atom. The maximum absolute atomic E-state index is 13.8. The van der Waals surface area contributed by atoms with Gasteiger partial charge in [0.2, 0.25) is 18.3 Å². The largest absolute Gasteiger partial charge is 0.481 e. The van der Waals surface area contributed by atoms with Crippen LogP contribution in [-0.2, 0) is 16.1 Å². The molecule has 0 saturated carbocycles. The van der Waals surface area contributed by atoms with Gasteiger partial charge in [0.1, 0.15) is 0 Å². The molecule has 0 spiro atoms. The van der Waals surface area contributed by atoms with E-state index in [9.17, 15) is 19.5 Å². The summed E-state index contributed by atoms with van der Waals surface area (Å²) in [5.74, 6) is -0.985. The third-order valence-electron chi connectivity index (χ3n) is 7.76. The summed E-state index contributed by atoms with van der Waals surface area (Å²) in [6, 6.07) is 13.7. The fraction of sp³-hybridized carbons (Fsp3) is 0.400. The van der Waals surface area contributed by atoms with E-state index in [-0.39, 0.29) is 30.7 Å². The maximum atomic E-state index is 13.8. The van der Waals surface area contributed by atoms with Crippen LogP contribution in [0.15, 0.2) is 71.9 Å². The number of hydrogen-bond acceptors (Lipinski definition) is 7. The van der Waals surface area contributed by atoms with Crippen LogP contribution in [0.25, 0.3) is 0 Å². The number of anilines is 1. The van der Waals surface area contributed by atoms with Gasteiger partial charge in [-0.1, -0.05) is 25.5 Å². The Morgan fingerprint density at radius 2 is 1.98 bits per heavy atom. The van der Waals surface area contributed by atoms with Crippen molar-refractivity contribution in [2.45, 2.75) is 44.7 Å². The zero-order valence-electron chi connectivity index (χ0n) is 22.5. The van der Waals surface area contributed by atoms with Crippen LogP contribution >= 0.6 is 0 Å². The van der Waals surface area contributed by atoms with Gasteiger partial charge in [0.05, 0.1) is 24.3 Å². The molecule has 3 unspecified atom stereocenters. The van der Waals surface area contributed by atoms with Gasteiger partial charge in [-0.2, -0.15) is 0 Å². The van der Waals surface area contributed by atoms with E-state index in [0.29, 0.717) is 37.6 Å². The van der Waals surface area contributed by atoms with Crippen LogP contribution in [0.2, 0.25) is 0 Å². The summed E-state index contributed by atoms with van der Waals surface area (Å²) in [7, 11) is 0. The van der Waals surface area contributed by atoms with Gasteiger partial charge in [0.25, 0.3) is 0 Å². The number of carboxylic acid groups (broad SMARTS) is 1. The van der Waals surface area contributed by atoms with E-state index >= 15 is 0 Å². The molecule has 5 rings (SSSR count). The molecule has 2 aromatic heterocycles. The van der Waals surface area contributed by atoms with E-state index < -0.39 is 17.9 Å². The Bertz CT molecular complexity index is 1390.